The predicted molar refractivity (Wildman–Crippen MR) is 62.6 cm³/mol. The van der Waals surface area contributed by atoms with Gasteiger partial charge in [0.05, 0.1) is 0 Å². The molecular weight excluding hydrogens is 172 g/mol. The highest BCUT2D eigenvalue weighted by Crippen LogP contribution is 2.29. The molecular formula is C12H26N2. The van der Waals surface area contributed by atoms with Crippen molar-refractivity contribution in [2.75, 3.05) is 41.3 Å². The van der Waals surface area contributed by atoms with E-state index in [9.17, 15) is 0 Å². The van der Waals surface area contributed by atoms with Crippen LogP contribution in [0.4, 0.5) is 0 Å². The lowest BCUT2D eigenvalue weighted by Gasteiger charge is -2.31. The molecule has 0 atom stereocenters. The Hall–Kier alpha value is -0.0800. The molecule has 0 aromatic heterocycles. The quantitative estimate of drug-likeness (QED) is 0.681. The first-order valence-corrected chi connectivity index (χ1v) is 5.87. The molecule has 0 radical (unpaired) electrons. The fourth-order valence-electron chi connectivity index (χ4n) is 2.63. The third-order valence-electron chi connectivity index (χ3n) is 3.21. The van der Waals surface area contributed by atoms with E-state index in [0.717, 1.165) is 11.8 Å². The van der Waals surface area contributed by atoms with Crippen molar-refractivity contribution in [3.63, 3.8) is 0 Å². The van der Waals surface area contributed by atoms with Crippen LogP contribution >= 0.6 is 0 Å². The van der Waals surface area contributed by atoms with Gasteiger partial charge in [0.25, 0.3) is 0 Å². The Kier molecular flexibility index (Phi) is 4.90. The van der Waals surface area contributed by atoms with Crippen molar-refractivity contribution in [3.05, 3.63) is 0 Å². The fraction of sp³-hybridized carbons (Fsp3) is 1.00. The highest BCUT2D eigenvalue weighted by molar-refractivity contribution is 4.75. The summed E-state index contributed by atoms with van der Waals surface area (Å²) in [5.41, 5.74) is 0. The molecule has 1 aliphatic rings. The summed E-state index contributed by atoms with van der Waals surface area (Å²) < 4.78 is 0. The molecule has 2 nitrogen and oxygen atoms in total. The normalized spacial score (nSPS) is 28.7. The number of hydrogen-bond acceptors (Lipinski definition) is 2. The lowest BCUT2D eigenvalue weighted by Crippen LogP contribution is -2.29. The van der Waals surface area contributed by atoms with Crippen LogP contribution in [-0.4, -0.2) is 51.1 Å². The van der Waals surface area contributed by atoms with Crippen LogP contribution in [-0.2, 0) is 0 Å². The molecule has 14 heavy (non-hydrogen) atoms. The topological polar surface area (TPSA) is 6.48 Å². The van der Waals surface area contributed by atoms with Crippen LogP contribution in [0, 0.1) is 11.8 Å². The summed E-state index contributed by atoms with van der Waals surface area (Å²) in [7, 11) is 8.75. The summed E-state index contributed by atoms with van der Waals surface area (Å²) >= 11 is 0. The maximum absolute atomic E-state index is 2.33. The largest absolute Gasteiger partial charge is 0.309 e. The molecule has 1 saturated carbocycles. The van der Waals surface area contributed by atoms with Gasteiger partial charge in [-0.3, -0.25) is 0 Å². The second kappa shape index (κ2) is 5.72. The van der Waals surface area contributed by atoms with Crippen molar-refractivity contribution < 1.29 is 0 Å². The van der Waals surface area contributed by atoms with Crippen molar-refractivity contribution in [1.82, 2.24) is 9.80 Å². The predicted octanol–water partition coefficient (Wildman–Crippen LogP) is 1.92. The Morgan fingerprint density at radius 2 is 1.00 bits per heavy atom. The fourth-order valence-corrected chi connectivity index (χ4v) is 2.63. The molecule has 0 aromatic rings. The first kappa shape index (κ1) is 12.0. The first-order chi connectivity index (χ1) is 6.58. The first-order valence-electron chi connectivity index (χ1n) is 5.87. The second-order valence-electron chi connectivity index (χ2n) is 5.41. The number of rotatable bonds is 4. The molecule has 1 rings (SSSR count). The Morgan fingerprint density at radius 1 is 0.714 bits per heavy atom. The van der Waals surface area contributed by atoms with Gasteiger partial charge in [-0.2, -0.15) is 0 Å². The zero-order valence-electron chi connectivity index (χ0n) is 10.3. The van der Waals surface area contributed by atoms with Crippen molar-refractivity contribution in [2.45, 2.75) is 25.7 Å². The lowest BCUT2D eigenvalue weighted by atomic mass is 9.81. The third kappa shape index (κ3) is 4.43. The van der Waals surface area contributed by atoms with Crippen LogP contribution < -0.4 is 0 Å². The van der Waals surface area contributed by atoms with Gasteiger partial charge in [0.1, 0.15) is 0 Å². The zero-order chi connectivity index (χ0) is 10.6. The van der Waals surface area contributed by atoms with Crippen LogP contribution in [0.3, 0.4) is 0 Å². The summed E-state index contributed by atoms with van der Waals surface area (Å²) in [4.78, 5) is 4.66. The van der Waals surface area contributed by atoms with E-state index in [1.165, 1.54) is 38.8 Å². The highest BCUT2D eigenvalue weighted by Gasteiger charge is 2.21. The van der Waals surface area contributed by atoms with Crippen molar-refractivity contribution in [3.8, 4) is 0 Å². The van der Waals surface area contributed by atoms with Crippen molar-refractivity contribution in [2.24, 2.45) is 11.8 Å². The zero-order valence-corrected chi connectivity index (χ0v) is 10.3. The highest BCUT2D eigenvalue weighted by atomic mass is 15.1. The van der Waals surface area contributed by atoms with Crippen molar-refractivity contribution >= 4 is 0 Å². The molecule has 0 heterocycles. The van der Waals surface area contributed by atoms with E-state index in [-0.39, 0.29) is 0 Å². The van der Waals surface area contributed by atoms with Crippen molar-refractivity contribution in [1.29, 1.82) is 0 Å². The van der Waals surface area contributed by atoms with E-state index >= 15 is 0 Å². The van der Waals surface area contributed by atoms with E-state index < -0.39 is 0 Å². The van der Waals surface area contributed by atoms with Gasteiger partial charge >= 0.3 is 0 Å². The molecule has 0 aliphatic heterocycles. The molecule has 1 fully saturated rings. The maximum atomic E-state index is 2.33. The van der Waals surface area contributed by atoms with Gasteiger partial charge in [-0.05, 0) is 65.7 Å². The average molecular weight is 198 g/mol. The molecule has 1 aliphatic carbocycles. The van der Waals surface area contributed by atoms with Gasteiger partial charge < -0.3 is 9.80 Å². The van der Waals surface area contributed by atoms with Crippen LogP contribution in [0.15, 0.2) is 0 Å². The Balaban J connectivity index is 2.17. The Morgan fingerprint density at radius 3 is 1.21 bits per heavy atom. The molecule has 0 amide bonds. The Labute approximate surface area is 89.3 Å². The van der Waals surface area contributed by atoms with Crippen LogP contribution in [0.2, 0.25) is 0 Å². The van der Waals surface area contributed by atoms with Gasteiger partial charge in [-0.1, -0.05) is 0 Å². The minimum atomic E-state index is 0.961. The smallest absolute Gasteiger partial charge is 0.000356 e. The van der Waals surface area contributed by atoms with Crippen LogP contribution in [0.5, 0.6) is 0 Å². The molecule has 0 N–H and O–H groups in total. The van der Waals surface area contributed by atoms with Gasteiger partial charge in [-0.25, -0.2) is 0 Å². The summed E-state index contributed by atoms with van der Waals surface area (Å²) in [6, 6.07) is 0. The molecule has 0 bridgehead atoms. The Bertz CT molecular complexity index is 128. The minimum absolute atomic E-state index is 0.961. The maximum Gasteiger partial charge on any atom is 0.000356 e. The van der Waals surface area contributed by atoms with Gasteiger partial charge in [0, 0.05) is 13.1 Å². The van der Waals surface area contributed by atoms with Crippen LogP contribution in [0.25, 0.3) is 0 Å². The molecule has 0 spiro atoms. The lowest BCUT2D eigenvalue weighted by molar-refractivity contribution is 0.194. The van der Waals surface area contributed by atoms with E-state index in [0.29, 0.717) is 0 Å². The molecule has 0 unspecified atom stereocenters. The van der Waals surface area contributed by atoms with Gasteiger partial charge in [-0.15, -0.1) is 0 Å². The number of nitrogens with zero attached hydrogens (tertiary/aromatic N) is 2. The SMILES string of the molecule is CN(C)CC1CCC(CN(C)C)CC1. The van der Waals surface area contributed by atoms with Gasteiger partial charge in [0.2, 0.25) is 0 Å². The molecule has 2 heteroatoms. The monoisotopic (exact) mass is 198 g/mol. The van der Waals surface area contributed by atoms with Gasteiger partial charge in [0.15, 0.2) is 0 Å². The standard InChI is InChI=1S/C12H26N2/c1-13(2)9-11-5-7-12(8-6-11)10-14(3)4/h11-12H,5-10H2,1-4H3. The van der Waals surface area contributed by atoms with E-state index in [1.807, 2.05) is 0 Å². The average Bonchev–Trinajstić information content (AvgIpc) is 2.06. The summed E-state index contributed by atoms with van der Waals surface area (Å²) in [5, 5.41) is 0. The summed E-state index contributed by atoms with van der Waals surface area (Å²) in [5.74, 6) is 1.92. The summed E-state index contributed by atoms with van der Waals surface area (Å²) in [6.45, 7) is 2.57. The van der Waals surface area contributed by atoms with E-state index in [4.69, 9.17) is 0 Å². The molecule has 84 valence electrons. The molecule has 0 saturated heterocycles. The number of hydrogen-bond donors (Lipinski definition) is 0. The summed E-state index contributed by atoms with van der Waals surface area (Å²) in [6.07, 6.45) is 5.76. The minimum Gasteiger partial charge on any atom is -0.309 e. The third-order valence-corrected chi connectivity index (χ3v) is 3.21. The second-order valence-corrected chi connectivity index (χ2v) is 5.41. The van der Waals surface area contributed by atoms with E-state index in [1.54, 1.807) is 0 Å². The van der Waals surface area contributed by atoms with Crippen LogP contribution in [0.1, 0.15) is 25.7 Å². The van der Waals surface area contributed by atoms with E-state index in [2.05, 4.69) is 38.0 Å². The molecule has 0 aromatic carbocycles.